The summed E-state index contributed by atoms with van der Waals surface area (Å²) in [5.41, 5.74) is -2.33. The number of aliphatic hydroxyl groups is 1. The standard InChI is InChI=1S/C13H12F5NO2/c14-7-4-8(6-20)19(5-7)12(21)9-2-1-3-10(11(9)15)13(16,17)18/h1-3,7-8,20H,4-6H2/t7-,8-/m0/s1. The Labute approximate surface area is 117 Å². The van der Waals surface area contributed by atoms with Gasteiger partial charge < -0.3 is 10.0 Å². The van der Waals surface area contributed by atoms with Crippen molar-refractivity contribution < 1.29 is 31.9 Å². The van der Waals surface area contributed by atoms with Gasteiger partial charge in [0.2, 0.25) is 0 Å². The lowest BCUT2D eigenvalue weighted by atomic mass is 10.1. The molecule has 0 spiro atoms. The number of alkyl halides is 4. The molecule has 0 saturated carbocycles. The van der Waals surface area contributed by atoms with E-state index in [1.807, 2.05) is 0 Å². The lowest BCUT2D eigenvalue weighted by Gasteiger charge is -2.23. The molecule has 0 aliphatic carbocycles. The van der Waals surface area contributed by atoms with Crippen molar-refractivity contribution in [2.45, 2.75) is 24.8 Å². The van der Waals surface area contributed by atoms with E-state index < -0.39 is 47.8 Å². The molecular weight excluding hydrogens is 297 g/mol. The van der Waals surface area contributed by atoms with Crippen molar-refractivity contribution in [3.63, 3.8) is 0 Å². The number of carbonyl (C=O) groups excluding carboxylic acids is 1. The van der Waals surface area contributed by atoms with E-state index in [2.05, 4.69) is 0 Å². The van der Waals surface area contributed by atoms with Gasteiger partial charge in [-0.3, -0.25) is 4.79 Å². The van der Waals surface area contributed by atoms with Gasteiger partial charge in [0.1, 0.15) is 12.0 Å². The summed E-state index contributed by atoms with van der Waals surface area (Å²) in [7, 11) is 0. The summed E-state index contributed by atoms with van der Waals surface area (Å²) in [5.74, 6) is -2.74. The molecule has 1 aliphatic rings. The Morgan fingerprint density at radius 3 is 2.62 bits per heavy atom. The number of rotatable bonds is 2. The third kappa shape index (κ3) is 2.99. The molecule has 1 heterocycles. The predicted octanol–water partition coefficient (Wildman–Crippen LogP) is 2.39. The highest BCUT2D eigenvalue weighted by atomic mass is 19.4. The number of hydrogen-bond acceptors (Lipinski definition) is 2. The van der Waals surface area contributed by atoms with E-state index in [0.29, 0.717) is 6.07 Å². The summed E-state index contributed by atoms with van der Waals surface area (Å²) >= 11 is 0. The fourth-order valence-electron chi connectivity index (χ4n) is 2.35. The number of aliphatic hydroxyl groups excluding tert-OH is 1. The minimum Gasteiger partial charge on any atom is -0.394 e. The van der Waals surface area contributed by atoms with Crippen molar-refractivity contribution in [3.8, 4) is 0 Å². The average Bonchev–Trinajstić information content (AvgIpc) is 2.78. The predicted molar refractivity (Wildman–Crippen MR) is 62.8 cm³/mol. The Balaban J connectivity index is 2.36. The highest BCUT2D eigenvalue weighted by molar-refractivity contribution is 5.95. The first-order valence-electron chi connectivity index (χ1n) is 6.17. The molecule has 1 amide bonds. The van der Waals surface area contributed by atoms with Gasteiger partial charge in [-0.15, -0.1) is 0 Å². The molecule has 2 rings (SSSR count). The van der Waals surface area contributed by atoms with Crippen molar-refractivity contribution in [3.05, 3.63) is 35.1 Å². The van der Waals surface area contributed by atoms with Crippen LogP contribution >= 0.6 is 0 Å². The molecule has 116 valence electrons. The Bertz CT molecular complexity index is 546. The highest BCUT2D eigenvalue weighted by Crippen LogP contribution is 2.33. The Morgan fingerprint density at radius 2 is 2.05 bits per heavy atom. The molecule has 1 aromatic carbocycles. The minimum absolute atomic E-state index is 0.122. The second-order valence-corrected chi connectivity index (χ2v) is 4.79. The van der Waals surface area contributed by atoms with Crippen LogP contribution in [0.5, 0.6) is 0 Å². The smallest absolute Gasteiger partial charge is 0.394 e. The zero-order chi connectivity index (χ0) is 15.8. The van der Waals surface area contributed by atoms with Crippen LogP contribution in [0.25, 0.3) is 0 Å². The lowest BCUT2D eigenvalue weighted by molar-refractivity contribution is -0.140. The largest absolute Gasteiger partial charge is 0.419 e. The van der Waals surface area contributed by atoms with Crippen LogP contribution in [-0.4, -0.2) is 41.3 Å². The van der Waals surface area contributed by atoms with Crippen molar-refractivity contribution in [2.24, 2.45) is 0 Å². The normalized spacial score (nSPS) is 22.7. The monoisotopic (exact) mass is 309 g/mol. The fourth-order valence-corrected chi connectivity index (χ4v) is 2.35. The Hall–Kier alpha value is -1.70. The summed E-state index contributed by atoms with van der Waals surface area (Å²) in [6.45, 7) is -0.910. The number of carbonyl (C=O) groups is 1. The van der Waals surface area contributed by atoms with Crippen molar-refractivity contribution in [1.82, 2.24) is 4.90 Å². The molecule has 1 aromatic rings. The Kier molecular flexibility index (Phi) is 4.18. The number of amides is 1. The number of benzene rings is 1. The zero-order valence-corrected chi connectivity index (χ0v) is 10.7. The maximum absolute atomic E-state index is 13.9. The summed E-state index contributed by atoms with van der Waals surface area (Å²) < 4.78 is 65.0. The minimum atomic E-state index is -4.93. The first-order valence-corrected chi connectivity index (χ1v) is 6.17. The van der Waals surface area contributed by atoms with Crippen LogP contribution < -0.4 is 0 Å². The molecule has 1 saturated heterocycles. The molecule has 0 aromatic heterocycles. The van der Waals surface area contributed by atoms with Crippen LogP contribution in [-0.2, 0) is 6.18 Å². The third-order valence-electron chi connectivity index (χ3n) is 3.37. The van der Waals surface area contributed by atoms with Crippen molar-refractivity contribution in [1.29, 1.82) is 0 Å². The van der Waals surface area contributed by atoms with Gasteiger partial charge in [0.05, 0.1) is 30.3 Å². The molecule has 1 aliphatic heterocycles. The third-order valence-corrected chi connectivity index (χ3v) is 3.37. The van der Waals surface area contributed by atoms with E-state index in [9.17, 15) is 26.7 Å². The number of likely N-dealkylation sites (tertiary alicyclic amines) is 1. The van der Waals surface area contributed by atoms with Crippen LogP contribution in [0.3, 0.4) is 0 Å². The molecule has 0 radical (unpaired) electrons. The number of hydrogen-bond donors (Lipinski definition) is 1. The molecular formula is C13H12F5NO2. The molecule has 3 nitrogen and oxygen atoms in total. The van der Waals surface area contributed by atoms with E-state index in [1.54, 1.807) is 0 Å². The van der Waals surface area contributed by atoms with Gasteiger partial charge in [-0.05, 0) is 12.1 Å². The maximum atomic E-state index is 13.9. The summed E-state index contributed by atoms with van der Waals surface area (Å²) in [6, 6.07) is 1.49. The lowest BCUT2D eigenvalue weighted by Crippen LogP contribution is -2.38. The maximum Gasteiger partial charge on any atom is 0.419 e. The van der Waals surface area contributed by atoms with Gasteiger partial charge in [-0.25, -0.2) is 8.78 Å². The van der Waals surface area contributed by atoms with Crippen molar-refractivity contribution in [2.75, 3.05) is 13.2 Å². The summed E-state index contributed by atoms with van der Waals surface area (Å²) in [5, 5.41) is 9.07. The van der Waals surface area contributed by atoms with Crippen LogP contribution in [0.4, 0.5) is 22.0 Å². The first kappa shape index (κ1) is 15.7. The van der Waals surface area contributed by atoms with E-state index in [1.165, 1.54) is 0 Å². The van der Waals surface area contributed by atoms with E-state index in [-0.39, 0.29) is 13.0 Å². The van der Waals surface area contributed by atoms with Gasteiger partial charge in [-0.1, -0.05) is 6.07 Å². The van der Waals surface area contributed by atoms with E-state index >= 15 is 0 Å². The highest BCUT2D eigenvalue weighted by Gasteiger charge is 2.39. The molecule has 8 heteroatoms. The number of nitrogens with zero attached hydrogens (tertiary/aromatic N) is 1. The second-order valence-electron chi connectivity index (χ2n) is 4.79. The van der Waals surface area contributed by atoms with Gasteiger partial charge in [-0.2, -0.15) is 13.2 Å². The average molecular weight is 309 g/mol. The Morgan fingerprint density at radius 1 is 1.38 bits per heavy atom. The van der Waals surface area contributed by atoms with Crippen LogP contribution in [0, 0.1) is 5.82 Å². The summed E-state index contributed by atoms with van der Waals surface area (Å²) in [6.07, 6.45) is -6.44. The SMILES string of the molecule is O=C(c1cccc(C(F)(F)F)c1F)N1C[C@@H](F)C[C@H]1CO. The van der Waals surface area contributed by atoms with Crippen LogP contribution in [0.1, 0.15) is 22.3 Å². The molecule has 0 unspecified atom stereocenters. The molecule has 1 N–H and O–H groups in total. The zero-order valence-electron chi connectivity index (χ0n) is 10.7. The fraction of sp³-hybridized carbons (Fsp3) is 0.462. The second kappa shape index (κ2) is 5.59. The number of halogens is 5. The van der Waals surface area contributed by atoms with Gasteiger partial charge in [0.15, 0.2) is 0 Å². The summed E-state index contributed by atoms with van der Waals surface area (Å²) in [4.78, 5) is 13.0. The van der Waals surface area contributed by atoms with E-state index in [0.717, 1.165) is 17.0 Å². The van der Waals surface area contributed by atoms with Crippen LogP contribution in [0.15, 0.2) is 18.2 Å². The van der Waals surface area contributed by atoms with Gasteiger partial charge in [0.25, 0.3) is 5.91 Å². The molecule has 0 bridgehead atoms. The van der Waals surface area contributed by atoms with E-state index in [4.69, 9.17) is 5.11 Å². The molecule has 2 atom stereocenters. The molecule has 1 fully saturated rings. The first-order chi connectivity index (χ1) is 9.75. The van der Waals surface area contributed by atoms with Crippen molar-refractivity contribution >= 4 is 5.91 Å². The van der Waals surface area contributed by atoms with Gasteiger partial charge >= 0.3 is 6.18 Å². The van der Waals surface area contributed by atoms with Gasteiger partial charge in [0, 0.05) is 6.42 Å². The topological polar surface area (TPSA) is 40.5 Å². The molecule has 21 heavy (non-hydrogen) atoms. The van der Waals surface area contributed by atoms with Crippen LogP contribution in [0.2, 0.25) is 0 Å². The quantitative estimate of drug-likeness (QED) is 0.852.